The molecule has 0 aliphatic rings. The van der Waals surface area contributed by atoms with Crippen LogP contribution in [-0.2, 0) is 26.6 Å². The quantitative estimate of drug-likeness (QED) is 0.782. The number of aliphatic hydroxyl groups is 1. The van der Waals surface area contributed by atoms with Crippen molar-refractivity contribution in [2.75, 3.05) is 0 Å². The van der Waals surface area contributed by atoms with Crippen LogP contribution >= 0.6 is 12.2 Å². The number of aryl methyl sites for hydroxylation is 2. The lowest BCUT2D eigenvalue weighted by Gasteiger charge is -2.06. The summed E-state index contributed by atoms with van der Waals surface area (Å²) in [7, 11) is 1.92. The monoisotopic (exact) mass is 238 g/mol. The molecule has 2 rings (SSSR count). The molecule has 2 aromatic rings. The molecule has 0 aromatic carbocycles. The number of hydrogen-bond acceptors (Lipinski definition) is 3. The summed E-state index contributed by atoms with van der Waals surface area (Å²) in [6.45, 7) is 0.746. The molecule has 2 aromatic heterocycles. The Morgan fingerprint density at radius 1 is 1.50 bits per heavy atom. The molecule has 0 fully saturated rings. The van der Waals surface area contributed by atoms with Crippen LogP contribution in [0.4, 0.5) is 0 Å². The Balaban J connectivity index is 2.13. The van der Waals surface area contributed by atoms with E-state index in [1.807, 2.05) is 22.4 Å². The van der Waals surface area contributed by atoms with E-state index in [0.29, 0.717) is 4.77 Å². The standard InChI is InChI=1S/C10H14N4OS/c1-13-8(2-4-12-13)3-5-14-9(7-15)6-11-10(14)16/h2,4,6,15H,3,5,7H2,1H3,(H,11,16). The second kappa shape index (κ2) is 4.63. The van der Waals surface area contributed by atoms with Crippen molar-refractivity contribution in [1.82, 2.24) is 19.3 Å². The summed E-state index contributed by atoms with van der Waals surface area (Å²) in [6, 6.07) is 1.98. The maximum atomic E-state index is 9.14. The lowest BCUT2D eigenvalue weighted by Crippen LogP contribution is -2.08. The van der Waals surface area contributed by atoms with Crippen LogP contribution in [0.1, 0.15) is 11.4 Å². The minimum atomic E-state index is -0.00146. The van der Waals surface area contributed by atoms with Crippen molar-refractivity contribution in [3.8, 4) is 0 Å². The molecule has 0 unspecified atom stereocenters. The first kappa shape index (κ1) is 11.1. The number of aromatic nitrogens is 4. The van der Waals surface area contributed by atoms with Crippen LogP contribution < -0.4 is 0 Å². The first-order valence-electron chi connectivity index (χ1n) is 5.07. The summed E-state index contributed by atoms with van der Waals surface area (Å²) in [5.74, 6) is 0. The Morgan fingerprint density at radius 3 is 2.94 bits per heavy atom. The van der Waals surface area contributed by atoms with Gasteiger partial charge in [0.15, 0.2) is 4.77 Å². The largest absolute Gasteiger partial charge is 0.390 e. The summed E-state index contributed by atoms with van der Waals surface area (Å²) in [5.41, 5.74) is 1.96. The molecule has 2 heterocycles. The van der Waals surface area contributed by atoms with Gasteiger partial charge < -0.3 is 14.7 Å². The third kappa shape index (κ3) is 2.07. The molecule has 0 amide bonds. The molecule has 0 aliphatic carbocycles. The number of H-pyrrole nitrogens is 1. The Kier molecular flexibility index (Phi) is 3.21. The molecule has 0 atom stereocenters. The highest BCUT2D eigenvalue weighted by molar-refractivity contribution is 7.71. The Bertz CT molecular complexity index is 525. The minimum absolute atomic E-state index is 0.00146. The van der Waals surface area contributed by atoms with Crippen molar-refractivity contribution in [2.45, 2.75) is 19.6 Å². The van der Waals surface area contributed by atoms with Gasteiger partial charge in [-0.15, -0.1) is 0 Å². The smallest absolute Gasteiger partial charge is 0.177 e. The van der Waals surface area contributed by atoms with Crippen LogP contribution in [0, 0.1) is 4.77 Å². The summed E-state index contributed by atoms with van der Waals surface area (Å²) in [5, 5.41) is 13.2. The first-order chi connectivity index (χ1) is 7.72. The normalized spacial score (nSPS) is 10.9. The van der Waals surface area contributed by atoms with E-state index in [0.717, 1.165) is 24.4 Å². The fourth-order valence-electron chi connectivity index (χ4n) is 1.68. The maximum Gasteiger partial charge on any atom is 0.177 e. The van der Waals surface area contributed by atoms with Crippen LogP contribution in [0.5, 0.6) is 0 Å². The second-order valence-corrected chi connectivity index (χ2v) is 3.98. The number of nitrogens with zero attached hydrogens (tertiary/aromatic N) is 3. The lowest BCUT2D eigenvalue weighted by molar-refractivity contribution is 0.270. The number of aliphatic hydroxyl groups excluding tert-OH is 1. The van der Waals surface area contributed by atoms with E-state index in [2.05, 4.69) is 10.1 Å². The predicted octanol–water partition coefficient (Wildman–Crippen LogP) is 1.01. The number of hydrogen-bond donors (Lipinski definition) is 2. The Hall–Kier alpha value is -1.40. The Labute approximate surface area is 98.3 Å². The van der Waals surface area contributed by atoms with Crippen molar-refractivity contribution in [3.05, 3.63) is 34.6 Å². The fraction of sp³-hybridized carbons (Fsp3) is 0.400. The number of rotatable bonds is 4. The zero-order chi connectivity index (χ0) is 11.5. The first-order valence-corrected chi connectivity index (χ1v) is 5.48. The Morgan fingerprint density at radius 2 is 2.31 bits per heavy atom. The van der Waals surface area contributed by atoms with Crippen LogP contribution in [0.25, 0.3) is 0 Å². The SMILES string of the molecule is Cn1nccc1CCn1c(CO)c[nH]c1=S. The van der Waals surface area contributed by atoms with Gasteiger partial charge in [0.25, 0.3) is 0 Å². The van der Waals surface area contributed by atoms with Gasteiger partial charge >= 0.3 is 0 Å². The minimum Gasteiger partial charge on any atom is -0.390 e. The fourth-order valence-corrected chi connectivity index (χ4v) is 1.95. The molecule has 0 spiro atoms. The summed E-state index contributed by atoms with van der Waals surface area (Å²) < 4.78 is 4.39. The van der Waals surface area contributed by atoms with Gasteiger partial charge in [-0.3, -0.25) is 4.68 Å². The predicted molar refractivity (Wildman–Crippen MR) is 62.5 cm³/mol. The maximum absolute atomic E-state index is 9.14. The van der Waals surface area contributed by atoms with E-state index in [1.54, 1.807) is 12.4 Å². The molecule has 6 heteroatoms. The van der Waals surface area contributed by atoms with Crippen LogP contribution in [0.2, 0.25) is 0 Å². The molecule has 16 heavy (non-hydrogen) atoms. The van der Waals surface area contributed by atoms with Crippen molar-refractivity contribution in [2.24, 2.45) is 7.05 Å². The van der Waals surface area contributed by atoms with Gasteiger partial charge in [-0.2, -0.15) is 5.10 Å². The van der Waals surface area contributed by atoms with Gasteiger partial charge in [0.1, 0.15) is 0 Å². The average Bonchev–Trinajstić information content (AvgIpc) is 2.82. The van der Waals surface area contributed by atoms with E-state index in [9.17, 15) is 0 Å². The van der Waals surface area contributed by atoms with E-state index < -0.39 is 0 Å². The topological polar surface area (TPSA) is 58.8 Å². The van der Waals surface area contributed by atoms with Gasteiger partial charge in [0.2, 0.25) is 0 Å². The molecule has 5 nitrogen and oxygen atoms in total. The second-order valence-electron chi connectivity index (χ2n) is 3.59. The van der Waals surface area contributed by atoms with Crippen LogP contribution in [0.3, 0.4) is 0 Å². The van der Waals surface area contributed by atoms with Gasteiger partial charge in [-0.25, -0.2) is 0 Å². The number of nitrogens with one attached hydrogen (secondary N) is 1. The molecule has 0 bridgehead atoms. The highest BCUT2D eigenvalue weighted by atomic mass is 32.1. The van der Waals surface area contributed by atoms with Gasteiger partial charge in [0, 0.05) is 38.1 Å². The van der Waals surface area contributed by atoms with Crippen molar-refractivity contribution < 1.29 is 5.11 Å². The molecule has 86 valence electrons. The molecule has 0 saturated carbocycles. The van der Waals surface area contributed by atoms with E-state index in [4.69, 9.17) is 17.3 Å². The van der Waals surface area contributed by atoms with Gasteiger partial charge in [-0.1, -0.05) is 0 Å². The summed E-state index contributed by atoms with van der Waals surface area (Å²) >= 11 is 5.14. The molecular formula is C10H14N4OS. The van der Waals surface area contributed by atoms with Crippen molar-refractivity contribution in [3.63, 3.8) is 0 Å². The molecule has 0 aliphatic heterocycles. The van der Waals surface area contributed by atoms with Crippen LogP contribution in [-0.4, -0.2) is 24.4 Å². The molecule has 0 radical (unpaired) electrons. The highest BCUT2D eigenvalue weighted by Gasteiger charge is 2.04. The molecule has 2 N–H and O–H groups in total. The highest BCUT2D eigenvalue weighted by Crippen LogP contribution is 2.05. The third-order valence-corrected chi connectivity index (χ3v) is 2.97. The van der Waals surface area contributed by atoms with Gasteiger partial charge in [0.05, 0.1) is 12.3 Å². The van der Waals surface area contributed by atoms with E-state index in [1.165, 1.54) is 0 Å². The van der Waals surface area contributed by atoms with E-state index >= 15 is 0 Å². The zero-order valence-electron chi connectivity index (χ0n) is 9.05. The molecule has 0 saturated heterocycles. The van der Waals surface area contributed by atoms with E-state index in [-0.39, 0.29) is 6.61 Å². The molecular weight excluding hydrogens is 224 g/mol. The zero-order valence-corrected chi connectivity index (χ0v) is 9.87. The summed E-state index contributed by atoms with van der Waals surface area (Å²) in [6.07, 6.45) is 4.36. The summed E-state index contributed by atoms with van der Waals surface area (Å²) in [4.78, 5) is 2.93. The van der Waals surface area contributed by atoms with Gasteiger partial charge in [-0.05, 0) is 18.3 Å². The number of imidazole rings is 1. The average molecular weight is 238 g/mol. The lowest BCUT2D eigenvalue weighted by atomic mass is 10.3. The van der Waals surface area contributed by atoms with Crippen molar-refractivity contribution >= 4 is 12.2 Å². The van der Waals surface area contributed by atoms with Crippen molar-refractivity contribution in [1.29, 1.82) is 0 Å². The number of aromatic amines is 1. The third-order valence-electron chi connectivity index (χ3n) is 2.63. The van der Waals surface area contributed by atoms with Crippen LogP contribution in [0.15, 0.2) is 18.5 Å².